The Balaban J connectivity index is 1.21. The Hall–Kier alpha value is -5.46. The van der Waals surface area contributed by atoms with Crippen LogP contribution in [-0.4, -0.2) is 53.5 Å². The molecule has 1 fully saturated rings. The van der Waals surface area contributed by atoms with E-state index >= 15 is 0 Å². The third kappa shape index (κ3) is 5.24. The van der Waals surface area contributed by atoms with E-state index < -0.39 is 5.95 Å². The third-order valence-electron chi connectivity index (χ3n) is 7.06. The van der Waals surface area contributed by atoms with Crippen molar-refractivity contribution in [3.63, 3.8) is 0 Å². The van der Waals surface area contributed by atoms with Crippen molar-refractivity contribution in [1.82, 2.24) is 34.4 Å². The maximum absolute atomic E-state index is 14.6. The monoisotopic (exact) mass is 545 g/mol. The molecule has 0 aliphatic carbocycles. The highest BCUT2D eigenvalue weighted by Gasteiger charge is 2.22. The number of nitrogens with zero attached hydrogens (tertiary/aromatic N) is 9. The van der Waals surface area contributed by atoms with Crippen molar-refractivity contribution in [3.05, 3.63) is 89.7 Å². The van der Waals surface area contributed by atoms with Gasteiger partial charge in [0.2, 0.25) is 17.5 Å². The average molecular weight is 546 g/mol. The van der Waals surface area contributed by atoms with Gasteiger partial charge in [-0.1, -0.05) is 12.1 Å². The molecule has 5 aromatic rings. The molecule has 0 spiro atoms. The zero-order valence-electron chi connectivity index (χ0n) is 21.9. The van der Waals surface area contributed by atoms with Crippen LogP contribution in [0, 0.1) is 23.9 Å². The van der Waals surface area contributed by atoms with Gasteiger partial charge in [0.05, 0.1) is 17.7 Å². The van der Waals surface area contributed by atoms with E-state index in [0.717, 1.165) is 43.7 Å². The molecule has 3 N–H and O–H groups in total. The van der Waals surface area contributed by atoms with Crippen LogP contribution in [0.2, 0.25) is 0 Å². The molecule has 6 rings (SSSR count). The number of aromatic nitrogens is 6. The Morgan fingerprint density at radius 2 is 1.88 bits per heavy atom. The zero-order chi connectivity index (χ0) is 28.3. The van der Waals surface area contributed by atoms with E-state index in [1.165, 1.54) is 6.07 Å². The lowest BCUT2D eigenvalue weighted by atomic mass is 10.0. The van der Waals surface area contributed by atoms with Crippen LogP contribution in [0.25, 0.3) is 33.1 Å². The molecule has 0 bridgehead atoms. The fourth-order valence-corrected chi connectivity index (χ4v) is 5.03. The van der Waals surface area contributed by atoms with Crippen LogP contribution in [0.4, 0.5) is 21.7 Å². The number of nitrogen functional groups attached to an aromatic ring is 1. The fraction of sp³-hybridized carbons (Fsp3) is 0.207. The number of halogens is 1. The number of likely N-dealkylation sites (tertiary alicyclic amines) is 1. The lowest BCUT2D eigenvalue weighted by Crippen LogP contribution is -2.38. The van der Waals surface area contributed by atoms with Crippen LogP contribution in [0.1, 0.15) is 24.2 Å². The maximum Gasteiger partial charge on any atom is 0.243 e. The smallest absolute Gasteiger partial charge is 0.243 e. The van der Waals surface area contributed by atoms with Gasteiger partial charge < -0.3 is 11.1 Å². The molecule has 0 atom stereocenters. The molecule has 1 aliphatic rings. The molecule has 11 nitrogen and oxygen atoms in total. The van der Waals surface area contributed by atoms with Crippen LogP contribution in [0.15, 0.2) is 60.9 Å². The number of rotatable bonds is 6. The Morgan fingerprint density at radius 3 is 2.61 bits per heavy atom. The molecule has 1 aromatic carbocycles. The first-order chi connectivity index (χ1) is 20.0. The summed E-state index contributed by atoms with van der Waals surface area (Å²) >= 11 is 0. The molecular formula is C29H24FN11. The summed E-state index contributed by atoms with van der Waals surface area (Å²) in [6.45, 7) is 9.86. The zero-order valence-corrected chi connectivity index (χ0v) is 21.9. The Bertz CT molecular complexity index is 1810. The quantitative estimate of drug-likeness (QED) is 0.233. The molecule has 1 saturated heterocycles. The van der Waals surface area contributed by atoms with Gasteiger partial charge in [0.1, 0.15) is 17.7 Å². The van der Waals surface area contributed by atoms with E-state index in [4.69, 9.17) is 17.6 Å². The number of nitrogens with one attached hydrogen (secondary N) is 1. The Morgan fingerprint density at radius 1 is 1.07 bits per heavy atom. The highest BCUT2D eigenvalue weighted by atomic mass is 19.1. The Kier molecular flexibility index (Phi) is 6.90. The molecule has 41 heavy (non-hydrogen) atoms. The van der Waals surface area contributed by atoms with Gasteiger partial charge in [0.15, 0.2) is 11.5 Å². The van der Waals surface area contributed by atoms with Gasteiger partial charge in [-0.05, 0) is 54.8 Å². The molecule has 0 unspecified atom stereocenters. The number of anilines is 2. The number of pyridine rings is 2. The number of fused-ring (bicyclic) bond motifs is 1. The minimum atomic E-state index is -0.848. The van der Waals surface area contributed by atoms with Crippen LogP contribution in [0.3, 0.4) is 0 Å². The minimum Gasteiger partial charge on any atom is -0.383 e. The summed E-state index contributed by atoms with van der Waals surface area (Å²) < 4.78 is 16.3. The van der Waals surface area contributed by atoms with Crippen molar-refractivity contribution in [2.45, 2.75) is 25.4 Å². The summed E-state index contributed by atoms with van der Waals surface area (Å²) in [5, 5.41) is 12.4. The lowest BCUT2D eigenvalue weighted by molar-refractivity contribution is 0.211. The maximum atomic E-state index is 14.6. The second-order valence-electron chi connectivity index (χ2n) is 9.70. The predicted molar refractivity (Wildman–Crippen MR) is 151 cm³/mol. The summed E-state index contributed by atoms with van der Waals surface area (Å²) in [6, 6.07) is 17.0. The van der Waals surface area contributed by atoms with Crippen molar-refractivity contribution in [2.75, 3.05) is 24.1 Å². The minimum absolute atomic E-state index is 0.157. The number of hydrogen-bond acceptors (Lipinski definition) is 9. The van der Waals surface area contributed by atoms with Crippen molar-refractivity contribution < 1.29 is 4.39 Å². The number of hydrogen-bond donors (Lipinski definition) is 2. The van der Waals surface area contributed by atoms with Crippen molar-refractivity contribution in [1.29, 1.82) is 5.26 Å². The van der Waals surface area contributed by atoms with E-state index in [-0.39, 0.29) is 23.4 Å². The predicted octanol–water partition coefficient (Wildman–Crippen LogP) is 4.49. The van der Waals surface area contributed by atoms with E-state index in [1.807, 2.05) is 30.3 Å². The first-order valence-corrected chi connectivity index (χ1v) is 13.0. The van der Waals surface area contributed by atoms with Crippen LogP contribution >= 0.6 is 0 Å². The summed E-state index contributed by atoms with van der Waals surface area (Å²) in [4.78, 5) is 26.7. The number of imidazole rings is 1. The summed E-state index contributed by atoms with van der Waals surface area (Å²) in [5.74, 6) is 0.732. The van der Waals surface area contributed by atoms with Gasteiger partial charge in [0.25, 0.3) is 0 Å². The lowest BCUT2D eigenvalue weighted by Gasteiger charge is -2.32. The molecule has 5 heterocycles. The summed E-state index contributed by atoms with van der Waals surface area (Å²) in [7, 11) is 0. The van der Waals surface area contributed by atoms with E-state index in [0.29, 0.717) is 28.4 Å². The fourth-order valence-electron chi connectivity index (χ4n) is 5.03. The Labute approximate surface area is 235 Å². The van der Waals surface area contributed by atoms with Crippen LogP contribution in [-0.2, 0) is 6.54 Å². The third-order valence-corrected chi connectivity index (χ3v) is 7.06. The van der Waals surface area contributed by atoms with Gasteiger partial charge >= 0.3 is 0 Å². The normalized spacial score (nSPS) is 14.0. The molecule has 0 saturated carbocycles. The van der Waals surface area contributed by atoms with Gasteiger partial charge in [-0.3, -0.25) is 9.47 Å². The number of nitriles is 1. The highest BCUT2D eigenvalue weighted by Crippen LogP contribution is 2.32. The van der Waals surface area contributed by atoms with E-state index in [9.17, 15) is 4.39 Å². The van der Waals surface area contributed by atoms with Crippen molar-refractivity contribution in [2.24, 2.45) is 0 Å². The SMILES string of the molecule is [C-]#[N+]c1cc2nc(-c3cccnc3N)n(-c3ccc(CN4CCC(Nc5ccnc(C#N)n5)CC4)cc3)c2nc1F. The molecule has 4 aromatic heterocycles. The average Bonchev–Trinajstić information content (AvgIpc) is 3.36. The summed E-state index contributed by atoms with van der Waals surface area (Å²) in [5.41, 5.74) is 9.12. The largest absolute Gasteiger partial charge is 0.383 e. The van der Waals surface area contributed by atoms with Gasteiger partial charge in [-0.15, -0.1) is 0 Å². The van der Waals surface area contributed by atoms with Crippen LogP contribution < -0.4 is 11.1 Å². The van der Waals surface area contributed by atoms with E-state index in [2.05, 4.69) is 40.0 Å². The van der Waals surface area contributed by atoms with Gasteiger partial charge in [-0.2, -0.15) is 9.65 Å². The molecule has 0 amide bonds. The van der Waals surface area contributed by atoms with Crippen molar-refractivity contribution >= 4 is 28.5 Å². The standard InChI is InChI=1S/C29H24FN11/c1-33-22-15-23-29(39-26(22)30)41(28(37-23)21-3-2-11-35-27(21)32)20-6-4-18(5-7-20)17-40-13-9-19(10-14-40)36-24-8-12-34-25(16-31)38-24/h2-8,11-12,15,19H,9-10,13-14,17H2,(H2,32,35)(H,34,36,38). The molecule has 1 aliphatic heterocycles. The molecule has 202 valence electrons. The summed E-state index contributed by atoms with van der Waals surface area (Å²) in [6.07, 6.45) is 5.08. The first-order valence-electron chi connectivity index (χ1n) is 13.0. The van der Waals surface area contributed by atoms with Crippen molar-refractivity contribution in [3.8, 4) is 23.1 Å². The number of nitrogens with two attached hydrogens (primary N) is 1. The molecular weight excluding hydrogens is 521 g/mol. The second-order valence-corrected chi connectivity index (χ2v) is 9.70. The number of piperidine rings is 1. The first kappa shape index (κ1) is 25.8. The van der Waals surface area contributed by atoms with Gasteiger partial charge in [-0.25, -0.2) is 29.8 Å². The topological polar surface area (TPSA) is 139 Å². The molecule has 12 heteroatoms. The van der Waals surface area contributed by atoms with E-state index in [1.54, 1.807) is 35.2 Å². The molecule has 0 radical (unpaired) electrons. The van der Waals surface area contributed by atoms with Gasteiger partial charge in [0, 0.05) is 43.8 Å². The second kappa shape index (κ2) is 11.0. The number of benzene rings is 1. The van der Waals surface area contributed by atoms with Crippen LogP contribution in [0.5, 0.6) is 0 Å². The highest BCUT2D eigenvalue weighted by molar-refractivity contribution is 5.84.